The molecule has 0 atom stereocenters. The van der Waals surface area contributed by atoms with Crippen molar-refractivity contribution in [3.8, 4) is 21.2 Å². The average molecular weight is 315 g/mol. The molecule has 2 N–H and O–H groups in total. The number of halogens is 1. The van der Waals surface area contributed by atoms with E-state index in [1.807, 2.05) is 12.1 Å². The molecule has 6 heteroatoms. The van der Waals surface area contributed by atoms with Gasteiger partial charge in [-0.2, -0.15) is 4.98 Å². The smallest absolute Gasteiger partial charge is 0.268 e. The Labute approximate surface area is 130 Å². The number of aromatic nitrogens is 2. The van der Waals surface area contributed by atoms with Gasteiger partial charge in [-0.15, -0.1) is 11.3 Å². The average Bonchev–Trinajstić information content (AvgIpc) is 3.14. The van der Waals surface area contributed by atoms with Crippen molar-refractivity contribution in [2.45, 2.75) is 24.8 Å². The highest BCUT2D eigenvalue weighted by Gasteiger charge is 2.39. The van der Waals surface area contributed by atoms with Crippen LogP contribution in [0.3, 0.4) is 0 Å². The zero-order valence-corrected chi connectivity index (χ0v) is 12.6. The van der Waals surface area contributed by atoms with Crippen molar-refractivity contribution in [1.82, 2.24) is 10.1 Å². The van der Waals surface area contributed by atoms with Crippen LogP contribution in [0.4, 0.5) is 4.39 Å². The molecule has 1 fully saturated rings. The van der Waals surface area contributed by atoms with Crippen molar-refractivity contribution in [1.29, 1.82) is 0 Å². The first-order valence-corrected chi connectivity index (χ1v) is 7.95. The van der Waals surface area contributed by atoms with Crippen LogP contribution >= 0.6 is 11.3 Å². The van der Waals surface area contributed by atoms with Gasteiger partial charge in [-0.25, -0.2) is 4.39 Å². The molecule has 1 aromatic carbocycles. The molecule has 3 aromatic rings. The van der Waals surface area contributed by atoms with Crippen molar-refractivity contribution in [2.24, 2.45) is 5.73 Å². The van der Waals surface area contributed by atoms with E-state index in [0.717, 1.165) is 34.6 Å². The lowest BCUT2D eigenvalue weighted by Gasteiger charge is -2.34. The van der Waals surface area contributed by atoms with E-state index >= 15 is 0 Å². The number of hydrogen-bond acceptors (Lipinski definition) is 5. The standard InChI is InChI=1S/C16H14FN3OS/c17-11-4-2-10(3-5-11)12-6-7-13(22-12)14-19-15(20-21-14)16(18)8-1-9-16/h2-7H,1,8-9,18H2. The molecule has 0 bridgehead atoms. The van der Waals surface area contributed by atoms with Gasteiger partial charge in [-0.05, 0) is 49.1 Å². The van der Waals surface area contributed by atoms with E-state index in [0.29, 0.717) is 11.7 Å². The highest BCUT2D eigenvalue weighted by atomic mass is 32.1. The number of benzene rings is 1. The van der Waals surface area contributed by atoms with Gasteiger partial charge in [0.25, 0.3) is 5.89 Å². The highest BCUT2D eigenvalue weighted by molar-refractivity contribution is 7.18. The van der Waals surface area contributed by atoms with Gasteiger partial charge in [0.1, 0.15) is 5.82 Å². The molecule has 1 aliphatic carbocycles. The summed E-state index contributed by atoms with van der Waals surface area (Å²) in [5.41, 5.74) is 6.76. The summed E-state index contributed by atoms with van der Waals surface area (Å²) >= 11 is 1.53. The molecule has 2 aromatic heterocycles. The maximum Gasteiger partial charge on any atom is 0.268 e. The Hall–Kier alpha value is -2.05. The Morgan fingerprint density at radius 1 is 1.09 bits per heavy atom. The summed E-state index contributed by atoms with van der Waals surface area (Å²) in [6.07, 6.45) is 2.91. The van der Waals surface area contributed by atoms with Crippen LogP contribution in [0, 0.1) is 5.82 Å². The van der Waals surface area contributed by atoms with E-state index < -0.39 is 5.54 Å². The van der Waals surface area contributed by atoms with E-state index in [4.69, 9.17) is 10.3 Å². The third-order valence-electron chi connectivity index (χ3n) is 4.06. The molecule has 0 radical (unpaired) electrons. The quantitative estimate of drug-likeness (QED) is 0.795. The number of hydrogen-bond donors (Lipinski definition) is 1. The van der Waals surface area contributed by atoms with E-state index in [9.17, 15) is 4.39 Å². The van der Waals surface area contributed by atoms with Gasteiger partial charge in [0.05, 0.1) is 10.4 Å². The van der Waals surface area contributed by atoms with Crippen LogP contribution in [0.1, 0.15) is 25.1 Å². The Bertz CT molecular complexity index is 805. The molecule has 4 nitrogen and oxygen atoms in total. The van der Waals surface area contributed by atoms with Crippen LogP contribution in [0.25, 0.3) is 21.2 Å². The first kappa shape index (κ1) is 13.6. The molecule has 22 heavy (non-hydrogen) atoms. The third-order valence-corrected chi connectivity index (χ3v) is 5.18. The molecular weight excluding hydrogens is 301 g/mol. The molecule has 4 rings (SSSR count). The van der Waals surface area contributed by atoms with Crippen LogP contribution in [0.2, 0.25) is 0 Å². The molecule has 112 valence electrons. The van der Waals surface area contributed by atoms with Gasteiger partial charge in [0.2, 0.25) is 0 Å². The second-order valence-electron chi connectivity index (χ2n) is 5.60. The first-order chi connectivity index (χ1) is 10.6. The largest absolute Gasteiger partial charge is 0.333 e. The van der Waals surface area contributed by atoms with Gasteiger partial charge >= 0.3 is 0 Å². The lowest BCUT2D eigenvalue weighted by atomic mass is 9.77. The number of thiophene rings is 1. The van der Waals surface area contributed by atoms with Crippen LogP contribution in [0.5, 0.6) is 0 Å². The Kier molecular flexibility index (Phi) is 3.09. The first-order valence-electron chi connectivity index (χ1n) is 7.13. The third kappa shape index (κ3) is 2.24. The minimum atomic E-state index is -0.418. The molecule has 0 aliphatic heterocycles. The summed E-state index contributed by atoms with van der Waals surface area (Å²) in [5, 5.41) is 4.03. The molecule has 0 amide bonds. The van der Waals surface area contributed by atoms with E-state index in [2.05, 4.69) is 10.1 Å². The Balaban J connectivity index is 1.63. The zero-order chi connectivity index (χ0) is 15.2. The topological polar surface area (TPSA) is 64.9 Å². The van der Waals surface area contributed by atoms with Crippen LogP contribution in [0.15, 0.2) is 40.9 Å². The number of rotatable bonds is 3. The van der Waals surface area contributed by atoms with Crippen molar-refractivity contribution in [3.63, 3.8) is 0 Å². The molecular formula is C16H14FN3OS. The minimum Gasteiger partial charge on any atom is -0.333 e. The predicted molar refractivity (Wildman–Crippen MR) is 82.7 cm³/mol. The van der Waals surface area contributed by atoms with Crippen molar-refractivity contribution < 1.29 is 8.91 Å². The fourth-order valence-corrected chi connectivity index (χ4v) is 3.46. The van der Waals surface area contributed by atoms with E-state index in [-0.39, 0.29) is 5.82 Å². The van der Waals surface area contributed by atoms with Crippen molar-refractivity contribution in [2.75, 3.05) is 0 Å². The molecule has 2 heterocycles. The monoisotopic (exact) mass is 315 g/mol. The van der Waals surface area contributed by atoms with Crippen LogP contribution in [-0.4, -0.2) is 10.1 Å². The fourth-order valence-electron chi connectivity index (χ4n) is 2.53. The van der Waals surface area contributed by atoms with Gasteiger partial charge in [-0.1, -0.05) is 17.3 Å². The SMILES string of the molecule is NC1(c2noc(-c3ccc(-c4ccc(F)cc4)s3)n2)CCC1. The minimum absolute atomic E-state index is 0.240. The predicted octanol–water partition coefficient (Wildman–Crippen LogP) is 3.94. The normalized spacial score (nSPS) is 16.5. The summed E-state index contributed by atoms with van der Waals surface area (Å²) in [7, 11) is 0. The van der Waals surface area contributed by atoms with Gasteiger partial charge < -0.3 is 10.3 Å². The van der Waals surface area contributed by atoms with Crippen LogP contribution < -0.4 is 5.73 Å². The molecule has 1 saturated carbocycles. The maximum absolute atomic E-state index is 13.0. The second kappa shape index (κ2) is 5.00. The molecule has 0 spiro atoms. The summed E-state index contributed by atoms with van der Waals surface area (Å²) in [5.74, 6) is 0.839. The lowest BCUT2D eigenvalue weighted by Crippen LogP contribution is -2.44. The maximum atomic E-state index is 13.0. The molecule has 1 aliphatic rings. The van der Waals surface area contributed by atoms with E-state index in [1.165, 1.54) is 23.5 Å². The van der Waals surface area contributed by atoms with Crippen molar-refractivity contribution >= 4 is 11.3 Å². The second-order valence-corrected chi connectivity index (χ2v) is 6.69. The van der Waals surface area contributed by atoms with Gasteiger partial charge in [0.15, 0.2) is 5.82 Å². The Morgan fingerprint density at radius 2 is 1.82 bits per heavy atom. The summed E-state index contributed by atoms with van der Waals surface area (Å²) < 4.78 is 18.3. The summed E-state index contributed by atoms with van der Waals surface area (Å²) in [6.45, 7) is 0. The summed E-state index contributed by atoms with van der Waals surface area (Å²) in [4.78, 5) is 6.36. The molecule has 0 saturated heterocycles. The fraction of sp³-hybridized carbons (Fsp3) is 0.250. The van der Waals surface area contributed by atoms with E-state index in [1.54, 1.807) is 12.1 Å². The zero-order valence-electron chi connectivity index (χ0n) is 11.8. The van der Waals surface area contributed by atoms with Gasteiger partial charge in [-0.3, -0.25) is 0 Å². The number of nitrogens with zero attached hydrogens (tertiary/aromatic N) is 2. The number of nitrogens with two attached hydrogens (primary N) is 1. The van der Waals surface area contributed by atoms with Crippen molar-refractivity contribution in [3.05, 3.63) is 48.0 Å². The molecule has 0 unspecified atom stereocenters. The lowest BCUT2D eigenvalue weighted by molar-refractivity contribution is 0.229. The highest BCUT2D eigenvalue weighted by Crippen LogP contribution is 2.39. The Morgan fingerprint density at radius 3 is 2.50 bits per heavy atom. The van der Waals surface area contributed by atoms with Gasteiger partial charge in [0, 0.05) is 4.88 Å². The van der Waals surface area contributed by atoms with Crippen LogP contribution in [-0.2, 0) is 5.54 Å². The summed E-state index contributed by atoms with van der Waals surface area (Å²) in [6, 6.07) is 10.3.